The van der Waals surface area contributed by atoms with E-state index in [0.29, 0.717) is 37.8 Å². The van der Waals surface area contributed by atoms with Crippen LogP contribution in [0.5, 0.6) is 0 Å². The minimum Gasteiger partial charge on any atom is -0.378 e. The summed E-state index contributed by atoms with van der Waals surface area (Å²) in [6, 6.07) is 8.05. The van der Waals surface area contributed by atoms with E-state index in [9.17, 15) is 9.18 Å². The van der Waals surface area contributed by atoms with Gasteiger partial charge in [0, 0.05) is 38.1 Å². The summed E-state index contributed by atoms with van der Waals surface area (Å²) < 4.78 is 27.0. The van der Waals surface area contributed by atoms with Crippen LogP contribution in [0.25, 0.3) is 0 Å². The molecule has 0 radical (unpaired) electrons. The zero-order valence-electron chi connectivity index (χ0n) is 15.7. The number of nitrogens with one attached hydrogen (secondary N) is 2. The summed E-state index contributed by atoms with van der Waals surface area (Å²) in [7, 11) is 1.80. The predicted octanol–water partition coefficient (Wildman–Crippen LogP) is 1.08. The van der Waals surface area contributed by atoms with Gasteiger partial charge in [-0.15, -0.1) is 0 Å². The first-order chi connectivity index (χ1) is 13.5. The topological polar surface area (TPSA) is 80.7 Å². The van der Waals surface area contributed by atoms with Crippen molar-refractivity contribution in [1.29, 1.82) is 0 Å². The normalized spacial score (nSPS) is 23.2. The molecule has 3 heterocycles. The number of aromatic nitrogens is 2. The molecule has 2 aliphatic heterocycles. The number of anilines is 2. The first kappa shape index (κ1) is 18.9. The highest BCUT2D eigenvalue weighted by molar-refractivity contribution is 5.91. The van der Waals surface area contributed by atoms with Crippen molar-refractivity contribution in [2.24, 2.45) is 7.05 Å². The maximum absolute atomic E-state index is 13.3. The van der Waals surface area contributed by atoms with Crippen LogP contribution in [-0.4, -0.2) is 71.7 Å². The van der Waals surface area contributed by atoms with E-state index in [-0.39, 0.29) is 36.5 Å². The van der Waals surface area contributed by atoms with Crippen LogP contribution in [-0.2, 0) is 21.3 Å². The van der Waals surface area contributed by atoms with Crippen LogP contribution in [0, 0.1) is 5.82 Å². The molecular weight excluding hydrogens is 365 g/mol. The molecule has 4 rings (SSSR count). The fraction of sp³-hybridized carbons (Fsp3) is 0.474. The smallest absolute Gasteiger partial charge is 0.239 e. The van der Waals surface area contributed by atoms with E-state index in [1.807, 2.05) is 11.0 Å². The summed E-state index contributed by atoms with van der Waals surface area (Å²) in [6.45, 7) is 2.46. The fourth-order valence-electron chi connectivity index (χ4n) is 3.56. The maximum atomic E-state index is 13.3. The largest absolute Gasteiger partial charge is 0.378 e. The van der Waals surface area contributed by atoms with E-state index in [1.165, 1.54) is 12.1 Å². The number of benzene rings is 1. The van der Waals surface area contributed by atoms with E-state index in [4.69, 9.17) is 9.47 Å². The highest BCUT2D eigenvalue weighted by atomic mass is 19.1. The summed E-state index contributed by atoms with van der Waals surface area (Å²) in [5.74, 6) is 0.150. The van der Waals surface area contributed by atoms with Gasteiger partial charge in [-0.25, -0.2) is 4.39 Å². The van der Waals surface area contributed by atoms with Crippen molar-refractivity contribution in [2.75, 3.05) is 43.5 Å². The number of rotatable bonds is 5. The van der Waals surface area contributed by atoms with Gasteiger partial charge in [-0.05, 0) is 18.2 Å². The van der Waals surface area contributed by atoms with Gasteiger partial charge in [0.05, 0.1) is 38.0 Å². The van der Waals surface area contributed by atoms with E-state index in [1.54, 1.807) is 30.1 Å². The van der Waals surface area contributed by atoms with Gasteiger partial charge >= 0.3 is 0 Å². The number of amides is 1. The quantitative estimate of drug-likeness (QED) is 0.797. The van der Waals surface area contributed by atoms with Crippen LogP contribution in [0.2, 0.25) is 0 Å². The van der Waals surface area contributed by atoms with Crippen LogP contribution < -0.4 is 10.6 Å². The van der Waals surface area contributed by atoms with Crippen molar-refractivity contribution in [3.63, 3.8) is 0 Å². The maximum Gasteiger partial charge on any atom is 0.239 e. The Morgan fingerprint density at radius 1 is 1.25 bits per heavy atom. The summed E-state index contributed by atoms with van der Waals surface area (Å²) in [5, 5.41) is 10.2. The Labute approximate surface area is 162 Å². The zero-order chi connectivity index (χ0) is 19.5. The Hall–Kier alpha value is -2.49. The third-order valence-corrected chi connectivity index (χ3v) is 4.86. The number of hydrogen-bond donors (Lipinski definition) is 2. The highest BCUT2D eigenvalue weighted by Crippen LogP contribution is 2.21. The molecule has 2 atom stereocenters. The van der Waals surface area contributed by atoms with Gasteiger partial charge in [0.1, 0.15) is 5.82 Å². The molecule has 2 aromatic rings. The molecule has 1 aromatic heterocycles. The molecule has 2 saturated heterocycles. The number of fused-ring (bicyclic) bond motifs is 1. The lowest BCUT2D eigenvalue weighted by atomic mass is 10.2. The number of ether oxygens (including phenoxy) is 2. The second kappa shape index (κ2) is 8.26. The minimum absolute atomic E-state index is 0.0479. The monoisotopic (exact) mass is 389 g/mol. The minimum atomic E-state index is -0.281. The summed E-state index contributed by atoms with van der Waals surface area (Å²) in [5.41, 5.74) is 0.706. The highest BCUT2D eigenvalue weighted by Gasteiger charge is 2.38. The van der Waals surface area contributed by atoms with Crippen LogP contribution in [0.4, 0.5) is 15.9 Å². The molecule has 2 fully saturated rings. The molecular formula is C19H24FN5O3. The average Bonchev–Trinajstić information content (AvgIpc) is 3.18. The van der Waals surface area contributed by atoms with E-state index in [2.05, 4.69) is 15.7 Å². The third kappa shape index (κ3) is 4.67. The Bertz CT molecular complexity index is 813. The average molecular weight is 389 g/mol. The second-order valence-corrected chi connectivity index (χ2v) is 7.21. The van der Waals surface area contributed by atoms with Crippen LogP contribution >= 0.6 is 0 Å². The Kier molecular flexibility index (Phi) is 5.56. The summed E-state index contributed by atoms with van der Waals surface area (Å²) in [6.07, 6.45) is 1.61. The molecule has 1 aromatic carbocycles. The predicted molar refractivity (Wildman–Crippen MR) is 102 cm³/mol. The number of carbonyl (C=O) groups is 1. The number of nitrogens with zero attached hydrogens (tertiary/aromatic N) is 3. The van der Waals surface area contributed by atoms with Crippen LogP contribution in [0.1, 0.15) is 0 Å². The Morgan fingerprint density at radius 3 is 2.64 bits per heavy atom. The van der Waals surface area contributed by atoms with Crippen LogP contribution in [0.3, 0.4) is 0 Å². The van der Waals surface area contributed by atoms with Gasteiger partial charge in [-0.2, -0.15) is 5.10 Å². The molecule has 28 heavy (non-hydrogen) atoms. The SMILES string of the molecule is Cn1ccc(NC(=O)CN2C[C@@H]3OCC(Nc4cccc(F)c4)CO[C@H]3C2)n1. The molecule has 150 valence electrons. The van der Waals surface area contributed by atoms with Crippen LogP contribution in [0.15, 0.2) is 36.5 Å². The van der Waals surface area contributed by atoms with Gasteiger partial charge in [0.15, 0.2) is 5.82 Å². The van der Waals surface area contributed by atoms with Crippen molar-refractivity contribution in [3.05, 3.63) is 42.3 Å². The van der Waals surface area contributed by atoms with E-state index >= 15 is 0 Å². The number of aryl methyl sites for hydroxylation is 1. The number of carbonyl (C=O) groups excluding carboxylic acids is 1. The second-order valence-electron chi connectivity index (χ2n) is 7.21. The standard InChI is InChI=1S/C19H24FN5O3/c1-24-6-5-18(23-24)22-19(26)10-25-8-16-17(9-25)28-12-15(11-27-16)21-14-4-2-3-13(20)7-14/h2-7,15-17,21H,8-12H2,1H3,(H,22,23,26)/t16-,17-/m0/s1. The molecule has 2 N–H and O–H groups in total. The molecule has 8 nitrogen and oxygen atoms in total. The number of likely N-dealkylation sites (tertiary alicyclic amines) is 1. The van der Waals surface area contributed by atoms with Crippen molar-refractivity contribution < 1.29 is 18.7 Å². The van der Waals surface area contributed by atoms with Gasteiger partial charge in [-0.1, -0.05) is 6.07 Å². The molecule has 9 heteroatoms. The van der Waals surface area contributed by atoms with Gasteiger partial charge < -0.3 is 20.1 Å². The van der Waals surface area contributed by atoms with Gasteiger partial charge in [0.2, 0.25) is 5.91 Å². The fourth-order valence-corrected chi connectivity index (χ4v) is 3.56. The lowest BCUT2D eigenvalue weighted by molar-refractivity contribution is -0.117. The molecule has 0 aliphatic carbocycles. The van der Waals surface area contributed by atoms with E-state index < -0.39 is 0 Å². The van der Waals surface area contributed by atoms with Crippen molar-refractivity contribution in [3.8, 4) is 0 Å². The summed E-state index contributed by atoms with van der Waals surface area (Å²) >= 11 is 0. The Balaban J connectivity index is 1.25. The number of hydrogen-bond acceptors (Lipinski definition) is 6. The van der Waals surface area contributed by atoms with Gasteiger partial charge in [-0.3, -0.25) is 14.4 Å². The lowest BCUT2D eigenvalue weighted by Gasteiger charge is -2.19. The van der Waals surface area contributed by atoms with Crippen molar-refractivity contribution >= 4 is 17.4 Å². The number of halogens is 1. The third-order valence-electron chi connectivity index (χ3n) is 4.86. The first-order valence-corrected chi connectivity index (χ1v) is 9.32. The molecule has 0 saturated carbocycles. The van der Waals surface area contributed by atoms with Gasteiger partial charge in [0.25, 0.3) is 0 Å². The summed E-state index contributed by atoms with van der Waals surface area (Å²) in [4.78, 5) is 14.2. The zero-order valence-corrected chi connectivity index (χ0v) is 15.7. The molecule has 0 unspecified atom stereocenters. The molecule has 0 bridgehead atoms. The molecule has 0 spiro atoms. The van der Waals surface area contributed by atoms with E-state index in [0.717, 1.165) is 0 Å². The van der Waals surface area contributed by atoms with Crippen molar-refractivity contribution in [2.45, 2.75) is 18.2 Å². The van der Waals surface area contributed by atoms with Crippen molar-refractivity contribution in [1.82, 2.24) is 14.7 Å². The molecule has 1 amide bonds. The Morgan fingerprint density at radius 2 is 2.00 bits per heavy atom. The lowest BCUT2D eigenvalue weighted by Crippen LogP contribution is -2.34. The molecule has 2 aliphatic rings. The first-order valence-electron chi connectivity index (χ1n) is 9.32.